The van der Waals surface area contributed by atoms with Crippen molar-refractivity contribution in [3.63, 3.8) is 0 Å². The van der Waals surface area contributed by atoms with E-state index in [1.807, 2.05) is 13.0 Å². The molecule has 0 saturated heterocycles. The molecule has 0 radical (unpaired) electrons. The van der Waals surface area contributed by atoms with E-state index in [4.69, 9.17) is 26.5 Å². The minimum atomic E-state index is -0.591. The lowest BCUT2D eigenvalue weighted by atomic mass is 10.1. The SMILES string of the molecule is COc1cc(/C=C2/C(=N)N3N=C(c4cccnc4)SC3=NC2=O)cc(Cl)c1OC(=O)c1ccc(C)cc1. The van der Waals surface area contributed by atoms with E-state index in [0.29, 0.717) is 21.3 Å². The number of benzene rings is 2. The van der Waals surface area contributed by atoms with Gasteiger partial charge in [-0.2, -0.15) is 15.1 Å². The van der Waals surface area contributed by atoms with Crippen molar-refractivity contribution in [2.24, 2.45) is 10.1 Å². The van der Waals surface area contributed by atoms with Crippen LogP contribution in [0.1, 0.15) is 27.0 Å². The number of aromatic nitrogens is 1. The molecule has 0 atom stereocenters. The topological polar surface area (TPSA) is 117 Å². The molecule has 3 aromatic rings. The van der Waals surface area contributed by atoms with Crippen LogP contribution in [0.3, 0.4) is 0 Å². The van der Waals surface area contributed by atoms with Crippen LogP contribution in [0.5, 0.6) is 11.5 Å². The number of fused-ring (bicyclic) bond motifs is 1. The zero-order chi connectivity index (χ0) is 26.1. The zero-order valence-corrected chi connectivity index (χ0v) is 21.1. The van der Waals surface area contributed by atoms with Crippen LogP contribution >= 0.6 is 23.4 Å². The number of amides is 1. The molecule has 2 aromatic carbocycles. The maximum absolute atomic E-state index is 12.8. The van der Waals surface area contributed by atoms with Gasteiger partial charge in [-0.15, -0.1) is 0 Å². The minimum absolute atomic E-state index is 0.0167. The van der Waals surface area contributed by atoms with Crippen molar-refractivity contribution in [1.29, 1.82) is 5.41 Å². The molecular weight excluding hydrogens is 514 g/mol. The van der Waals surface area contributed by atoms with Gasteiger partial charge < -0.3 is 9.47 Å². The molecule has 0 aliphatic carbocycles. The summed E-state index contributed by atoms with van der Waals surface area (Å²) >= 11 is 7.63. The van der Waals surface area contributed by atoms with Gasteiger partial charge in [-0.1, -0.05) is 29.3 Å². The Labute approximate surface area is 221 Å². The number of aryl methyl sites for hydroxylation is 1. The highest BCUT2D eigenvalue weighted by Gasteiger charge is 2.36. The summed E-state index contributed by atoms with van der Waals surface area (Å²) < 4.78 is 10.9. The lowest BCUT2D eigenvalue weighted by Gasteiger charge is -2.20. The molecule has 2 aliphatic rings. The third-order valence-corrected chi connectivity index (χ3v) is 6.65. The number of hydrazone groups is 1. The van der Waals surface area contributed by atoms with Gasteiger partial charge in [-0.05, 0) is 66.7 Å². The van der Waals surface area contributed by atoms with Crippen LogP contribution < -0.4 is 9.47 Å². The van der Waals surface area contributed by atoms with Gasteiger partial charge in [-0.3, -0.25) is 15.2 Å². The number of rotatable bonds is 5. The predicted octanol–water partition coefficient (Wildman–Crippen LogP) is 4.94. The first kappa shape index (κ1) is 24.4. The number of thioether (sulfide) groups is 1. The van der Waals surface area contributed by atoms with Crippen LogP contribution in [0, 0.1) is 12.3 Å². The second kappa shape index (κ2) is 10.00. The van der Waals surface area contributed by atoms with Crippen LogP contribution in [0.2, 0.25) is 5.02 Å². The van der Waals surface area contributed by atoms with Crippen LogP contribution in [0.25, 0.3) is 6.08 Å². The van der Waals surface area contributed by atoms with E-state index in [2.05, 4.69) is 15.1 Å². The summed E-state index contributed by atoms with van der Waals surface area (Å²) in [5.74, 6) is -1.08. The lowest BCUT2D eigenvalue weighted by molar-refractivity contribution is -0.114. The van der Waals surface area contributed by atoms with Gasteiger partial charge in [-0.25, -0.2) is 4.79 Å². The van der Waals surface area contributed by atoms with Gasteiger partial charge in [0.25, 0.3) is 5.91 Å². The zero-order valence-electron chi connectivity index (χ0n) is 19.6. The molecule has 184 valence electrons. The average Bonchev–Trinajstić information content (AvgIpc) is 3.33. The Bertz CT molecular complexity index is 1530. The molecule has 37 heavy (non-hydrogen) atoms. The van der Waals surface area contributed by atoms with Gasteiger partial charge in [0.15, 0.2) is 17.3 Å². The molecule has 11 heteroatoms. The summed E-state index contributed by atoms with van der Waals surface area (Å²) in [5, 5.41) is 15.3. The first-order chi connectivity index (χ1) is 17.8. The highest BCUT2D eigenvalue weighted by Crippen LogP contribution is 2.38. The van der Waals surface area contributed by atoms with Crippen molar-refractivity contribution in [3.8, 4) is 11.5 Å². The summed E-state index contributed by atoms with van der Waals surface area (Å²) in [6, 6.07) is 13.6. The molecule has 2 aliphatic heterocycles. The number of methoxy groups -OCH3 is 1. The molecule has 5 rings (SSSR count). The number of pyridine rings is 1. The molecule has 1 N–H and O–H groups in total. The fourth-order valence-corrected chi connectivity index (χ4v) is 4.67. The number of carbonyl (C=O) groups is 2. The normalized spacial score (nSPS) is 15.9. The number of esters is 1. The van der Waals surface area contributed by atoms with E-state index >= 15 is 0 Å². The van der Waals surface area contributed by atoms with Crippen molar-refractivity contribution < 1.29 is 19.1 Å². The third-order valence-electron chi connectivity index (χ3n) is 5.41. The summed E-state index contributed by atoms with van der Waals surface area (Å²) in [6.45, 7) is 1.92. The van der Waals surface area contributed by atoms with Crippen molar-refractivity contribution in [3.05, 3.63) is 93.8 Å². The minimum Gasteiger partial charge on any atom is -0.493 e. The Kier molecular flexibility index (Phi) is 6.60. The maximum atomic E-state index is 12.8. The standard InChI is InChI=1S/C26H18ClN5O4S/c1-14-5-7-16(8-6-14)25(34)36-21-19(27)11-15(12-20(21)35-2)10-18-22(28)32-26(30-23(18)33)37-24(31-32)17-4-3-9-29-13-17/h3-13,28H,1-2H3/b18-10-,28-22?. The molecule has 0 saturated carbocycles. The molecule has 0 spiro atoms. The second-order valence-corrected chi connectivity index (χ2v) is 9.32. The Morgan fingerprint density at radius 1 is 1.19 bits per heavy atom. The van der Waals surface area contributed by atoms with E-state index < -0.39 is 11.9 Å². The molecule has 0 fully saturated rings. The first-order valence-electron chi connectivity index (χ1n) is 10.9. The van der Waals surface area contributed by atoms with Crippen LogP contribution in [-0.4, -0.2) is 45.0 Å². The number of ether oxygens (including phenoxy) is 2. The van der Waals surface area contributed by atoms with Gasteiger partial charge in [0.1, 0.15) is 5.04 Å². The van der Waals surface area contributed by atoms with Gasteiger partial charge in [0, 0.05) is 18.0 Å². The number of aliphatic imine (C=N–C) groups is 1. The number of hydrogen-bond acceptors (Lipinski definition) is 8. The van der Waals surface area contributed by atoms with Crippen molar-refractivity contribution in [2.75, 3.05) is 7.11 Å². The number of halogens is 1. The monoisotopic (exact) mass is 531 g/mol. The maximum Gasteiger partial charge on any atom is 0.343 e. The quantitative estimate of drug-likeness (QED) is 0.281. The average molecular weight is 532 g/mol. The second-order valence-electron chi connectivity index (χ2n) is 7.96. The van der Waals surface area contributed by atoms with Gasteiger partial charge >= 0.3 is 5.97 Å². The van der Waals surface area contributed by atoms with E-state index in [0.717, 1.165) is 11.1 Å². The number of hydrogen-bond donors (Lipinski definition) is 1. The molecule has 0 bridgehead atoms. The molecule has 9 nitrogen and oxygen atoms in total. The van der Waals surface area contributed by atoms with E-state index in [1.54, 1.807) is 48.8 Å². The third kappa shape index (κ3) is 4.89. The van der Waals surface area contributed by atoms with E-state index in [1.165, 1.54) is 36.0 Å². The highest BCUT2D eigenvalue weighted by molar-refractivity contribution is 8.27. The van der Waals surface area contributed by atoms with Gasteiger partial charge in [0.2, 0.25) is 5.17 Å². The fraction of sp³-hybridized carbons (Fsp3) is 0.0769. The smallest absolute Gasteiger partial charge is 0.343 e. The molecule has 3 heterocycles. The van der Waals surface area contributed by atoms with Crippen LogP contribution in [0.15, 0.2) is 76.6 Å². The summed E-state index contributed by atoms with van der Waals surface area (Å²) in [7, 11) is 1.41. The lowest BCUT2D eigenvalue weighted by Crippen LogP contribution is -2.35. The van der Waals surface area contributed by atoms with Gasteiger partial charge in [0.05, 0.1) is 23.3 Å². The first-order valence-corrected chi connectivity index (χ1v) is 12.1. The molecular formula is C26H18ClN5O4S. The molecule has 0 unspecified atom stereocenters. The van der Waals surface area contributed by atoms with Crippen LogP contribution in [-0.2, 0) is 4.79 Å². The van der Waals surface area contributed by atoms with Crippen LogP contribution in [0.4, 0.5) is 0 Å². The number of nitrogens with one attached hydrogen (secondary N) is 1. The number of nitrogens with zero attached hydrogens (tertiary/aromatic N) is 4. The molecule has 1 amide bonds. The fourth-order valence-electron chi connectivity index (χ4n) is 3.53. The Balaban J connectivity index is 1.43. The molecule has 1 aromatic heterocycles. The van der Waals surface area contributed by atoms with E-state index in [9.17, 15) is 9.59 Å². The number of carbonyl (C=O) groups excluding carboxylic acids is 2. The van der Waals surface area contributed by atoms with Crippen molar-refractivity contribution >= 4 is 57.4 Å². The summed E-state index contributed by atoms with van der Waals surface area (Å²) in [5.41, 5.74) is 2.59. The van der Waals surface area contributed by atoms with E-state index in [-0.39, 0.29) is 27.9 Å². The number of amidine groups is 2. The summed E-state index contributed by atoms with van der Waals surface area (Å²) in [4.78, 5) is 33.6. The predicted molar refractivity (Wildman–Crippen MR) is 142 cm³/mol. The highest BCUT2D eigenvalue weighted by atomic mass is 35.5. The Hall–Kier alpha value is -4.28. The largest absolute Gasteiger partial charge is 0.493 e. The van der Waals surface area contributed by atoms with Crippen molar-refractivity contribution in [2.45, 2.75) is 6.92 Å². The Morgan fingerprint density at radius 2 is 1.97 bits per heavy atom. The summed E-state index contributed by atoms with van der Waals surface area (Å²) in [6.07, 6.45) is 4.76. The Morgan fingerprint density at radius 3 is 2.68 bits per heavy atom. The van der Waals surface area contributed by atoms with Crippen molar-refractivity contribution in [1.82, 2.24) is 9.99 Å².